The van der Waals surface area contributed by atoms with E-state index in [0.717, 1.165) is 23.0 Å². The molecule has 10 heteroatoms. The molecule has 0 unspecified atom stereocenters. The summed E-state index contributed by atoms with van der Waals surface area (Å²) in [7, 11) is -0.570. The van der Waals surface area contributed by atoms with Crippen LogP contribution in [0.2, 0.25) is 0 Å². The van der Waals surface area contributed by atoms with Gasteiger partial charge >= 0.3 is 5.69 Å². The van der Waals surface area contributed by atoms with E-state index in [1.54, 1.807) is 24.3 Å². The Labute approximate surface area is 174 Å². The van der Waals surface area contributed by atoms with Gasteiger partial charge in [0.05, 0.1) is 10.5 Å². The molecular formula is C20H24N4O5S. The molecule has 1 aromatic heterocycles. The smallest absolute Gasteiger partial charge is 0.330 e. The van der Waals surface area contributed by atoms with Crippen molar-refractivity contribution in [1.82, 2.24) is 18.8 Å². The maximum absolute atomic E-state index is 12.5. The largest absolute Gasteiger partial charge is 0.348 e. The van der Waals surface area contributed by atoms with Crippen LogP contribution in [-0.2, 0) is 35.5 Å². The second kappa shape index (κ2) is 8.80. The summed E-state index contributed by atoms with van der Waals surface area (Å²) in [5.74, 6) is -0.417. The van der Waals surface area contributed by atoms with Crippen LogP contribution < -0.4 is 16.6 Å². The van der Waals surface area contributed by atoms with Crippen molar-refractivity contribution in [2.45, 2.75) is 24.3 Å². The highest BCUT2D eigenvalue weighted by molar-refractivity contribution is 7.89. The van der Waals surface area contributed by atoms with Gasteiger partial charge in [0.15, 0.2) is 0 Å². The molecular weight excluding hydrogens is 408 g/mol. The zero-order chi connectivity index (χ0) is 21.9. The third kappa shape index (κ3) is 4.60. The summed E-state index contributed by atoms with van der Waals surface area (Å²) in [6.07, 6.45) is 5.69. The number of hydrogen-bond acceptors (Lipinski definition) is 5. The van der Waals surface area contributed by atoms with Crippen LogP contribution in [0.25, 0.3) is 6.08 Å². The van der Waals surface area contributed by atoms with Crippen LogP contribution in [0, 0.1) is 0 Å². The molecule has 3 rings (SSSR count). The monoisotopic (exact) mass is 432 g/mol. The topological polar surface area (TPSA) is 110 Å². The van der Waals surface area contributed by atoms with E-state index in [2.05, 4.69) is 5.32 Å². The van der Waals surface area contributed by atoms with E-state index in [-0.39, 0.29) is 17.0 Å². The van der Waals surface area contributed by atoms with Gasteiger partial charge < -0.3 is 9.88 Å². The molecule has 1 aliphatic rings. The Morgan fingerprint density at radius 1 is 1.10 bits per heavy atom. The van der Waals surface area contributed by atoms with Crippen molar-refractivity contribution in [3.63, 3.8) is 0 Å². The lowest BCUT2D eigenvalue weighted by atomic mass is 10.2. The predicted octanol–water partition coefficient (Wildman–Crippen LogP) is 0.198. The van der Waals surface area contributed by atoms with Crippen LogP contribution in [-0.4, -0.2) is 40.9 Å². The zero-order valence-corrected chi connectivity index (χ0v) is 17.7. The molecule has 0 aliphatic carbocycles. The summed E-state index contributed by atoms with van der Waals surface area (Å²) in [6, 6.07) is 6.41. The number of rotatable bonds is 6. The van der Waals surface area contributed by atoms with Crippen LogP contribution in [0.5, 0.6) is 0 Å². The number of sulfonamides is 1. The average molecular weight is 433 g/mol. The number of carbonyl (C=O) groups is 1. The second-order valence-electron chi connectivity index (χ2n) is 7.15. The Balaban J connectivity index is 1.62. The first-order chi connectivity index (χ1) is 14.2. The summed E-state index contributed by atoms with van der Waals surface area (Å²) in [5.41, 5.74) is 0.0233. The second-order valence-corrected chi connectivity index (χ2v) is 9.09. The van der Waals surface area contributed by atoms with Gasteiger partial charge in [0.2, 0.25) is 15.9 Å². The van der Waals surface area contributed by atoms with Crippen molar-refractivity contribution in [3.05, 3.63) is 68.5 Å². The molecule has 0 spiro atoms. The van der Waals surface area contributed by atoms with Crippen LogP contribution in [0.1, 0.15) is 24.0 Å². The Morgan fingerprint density at radius 3 is 2.37 bits per heavy atom. The molecule has 1 aliphatic heterocycles. The highest BCUT2D eigenvalue weighted by atomic mass is 32.2. The maximum atomic E-state index is 12.5. The highest BCUT2D eigenvalue weighted by Gasteiger charge is 2.26. The minimum atomic E-state index is -3.46. The Kier molecular flexibility index (Phi) is 6.37. The third-order valence-corrected chi connectivity index (χ3v) is 6.89. The summed E-state index contributed by atoms with van der Waals surface area (Å²) in [6.45, 7) is 1.30. The minimum Gasteiger partial charge on any atom is -0.348 e. The molecule has 160 valence electrons. The zero-order valence-electron chi connectivity index (χ0n) is 16.9. The molecule has 9 nitrogen and oxygen atoms in total. The lowest BCUT2D eigenvalue weighted by molar-refractivity contribution is -0.116. The molecule has 0 atom stereocenters. The maximum Gasteiger partial charge on any atom is 0.330 e. The van der Waals surface area contributed by atoms with Gasteiger partial charge in [-0.1, -0.05) is 12.1 Å². The van der Waals surface area contributed by atoms with Crippen molar-refractivity contribution in [2.24, 2.45) is 14.1 Å². The molecule has 0 bridgehead atoms. The van der Waals surface area contributed by atoms with E-state index in [0.29, 0.717) is 13.1 Å². The molecule has 2 aromatic rings. The van der Waals surface area contributed by atoms with Gasteiger partial charge in [-0.2, -0.15) is 4.31 Å². The fraction of sp³-hybridized carbons (Fsp3) is 0.350. The first-order valence-corrected chi connectivity index (χ1v) is 11.0. The van der Waals surface area contributed by atoms with E-state index in [1.165, 1.54) is 41.3 Å². The standard InChI is InChI=1S/C20H24N4O5S/c1-22-14-16(19(26)23(2)20(22)27)7-10-18(25)21-13-15-5-8-17(9-6-15)30(28,29)24-11-3-4-12-24/h5-10,14H,3-4,11-13H2,1-2H3,(H,21,25). The first-order valence-electron chi connectivity index (χ1n) is 9.52. The molecule has 1 amide bonds. The predicted molar refractivity (Wildman–Crippen MR) is 112 cm³/mol. The van der Waals surface area contributed by atoms with E-state index in [4.69, 9.17) is 0 Å². The van der Waals surface area contributed by atoms with Crippen molar-refractivity contribution >= 4 is 22.0 Å². The molecule has 1 N–H and O–H groups in total. The summed E-state index contributed by atoms with van der Waals surface area (Å²) >= 11 is 0. The Morgan fingerprint density at radius 2 is 1.73 bits per heavy atom. The van der Waals surface area contributed by atoms with E-state index < -0.39 is 27.2 Å². The van der Waals surface area contributed by atoms with Crippen LogP contribution in [0.15, 0.2) is 51.0 Å². The van der Waals surface area contributed by atoms with Crippen LogP contribution >= 0.6 is 0 Å². The average Bonchev–Trinajstić information content (AvgIpc) is 3.28. The normalized spacial score (nSPS) is 15.0. The fourth-order valence-corrected chi connectivity index (χ4v) is 4.74. The minimum absolute atomic E-state index is 0.207. The number of amides is 1. The Hall–Kier alpha value is -2.98. The summed E-state index contributed by atoms with van der Waals surface area (Å²) in [5, 5.41) is 2.68. The van der Waals surface area contributed by atoms with E-state index >= 15 is 0 Å². The van der Waals surface area contributed by atoms with E-state index in [9.17, 15) is 22.8 Å². The lowest BCUT2D eigenvalue weighted by Gasteiger charge is -2.15. The number of carbonyl (C=O) groups excluding carboxylic acids is 1. The number of hydrogen-bond donors (Lipinski definition) is 1. The third-order valence-electron chi connectivity index (χ3n) is 4.98. The number of aromatic nitrogens is 2. The Bertz CT molecular complexity index is 1190. The molecule has 1 saturated heterocycles. The van der Waals surface area contributed by atoms with Crippen molar-refractivity contribution in [1.29, 1.82) is 0 Å². The summed E-state index contributed by atoms with van der Waals surface area (Å²) < 4.78 is 28.8. The lowest BCUT2D eigenvalue weighted by Crippen LogP contribution is -2.37. The number of nitrogens with one attached hydrogen (secondary N) is 1. The molecule has 1 aromatic carbocycles. The SMILES string of the molecule is Cn1cc(C=CC(=O)NCc2ccc(S(=O)(=O)N3CCCC3)cc2)c(=O)n(C)c1=O. The molecule has 0 saturated carbocycles. The number of nitrogens with zero attached hydrogens (tertiary/aromatic N) is 3. The number of benzene rings is 1. The van der Waals surface area contributed by atoms with Gasteiger partial charge in [-0.15, -0.1) is 0 Å². The molecule has 30 heavy (non-hydrogen) atoms. The summed E-state index contributed by atoms with van der Waals surface area (Å²) in [4.78, 5) is 36.0. The molecule has 2 heterocycles. The van der Waals surface area contributed by atoms with Crippen molar-refractivity contribution in [3.8, 4) is 0 Å². The quantitative estimate of drug-likeness (QED) is 0.656. The van der Waals surface area contributed by atoms with Gasteiger partial charge in [0.1, 0.15) is 0 Å². The van der Waals surface area contributed by atoms with Gasteiger partial charge in [-0.25, -0.2) is 13.2 Å². The van der Waals surface area contributed by atoms with Crippen LogP contribution in [0.3, 0.4) is 0 Å². The molecule has 1 fully saturated rings. The van der Waals surface area contributed by atoms with Crippen LogP contribution in [0.4, 0.5) is 0 Å². The highest BCUT2D eigenvalue weighted by Crippen LogP contribution is 2.21. The number of aryl methyl sites for hydroxylation is 1. The first kappa shape index (κ1) is 21.7. The van der Waals surface area contributed by atoms with E-state index in [1.807, 2.05) is 0 Å². The van der Waals surface area contributed by atoms with Crippen molar-refractivity contribution < 1.29 is 13.2 Å². The molecule has 0 radical (unpaired) electrons. The van der Waals surface area contributed by atoms with Gasteiger partial charge in [-0.05, 0) is 36.6 Å². The van der Waals surface area contributed by atoms with Crippen molar-refractivity contribution in [2.75, 3.05) is 13.1 Å². The van der Waals surface area contributed by atoms with Gasteiger partial charge in [-0.3, -0.25) is 14.2 Å². The van der Waals surface area contributed by atoms with Gasteiger partial charge in [0.25, 0.3) is 5.56 Å². The van der Waals surface area contributed by atoms with Gasteiger partial charge in [0, 0.05) is 46.0 Å². The fourth-order valence-electron chi connectivity index (χ4n) is 3.22.